The smallest absolute Gasteiger partial charge is 0.234 e. The third kappa shape index (κ3) is 3.15. The van der Waals surface area contributed by atoms with E-state index in [9.17, 15) is 9.90 Å². The molecule has 0 aromatic heterocycles. The third-order valence-electron chi connectivity index (χ3n) is 3.04. The summed E-state index contributed by atoms with van der Waals surface area (Å²) in [5, 5.41) is 15.5. The van der Waals surface area contributed by atoms with Gasteiger partial charge in [0.25, 0.3) is 0 Å². The first kappa shape index (κ1) is 10.9. The topological polar surface area (TPSA) is 64.6 Å². The van der Waals surface area contributed by atoms with E-state index < -0.39 is 0 Å². The van der Waals surface area contributed by atoms with Crippen LogP contribution in [0.3, 0.4) is 0 Å². The van der Waals surface area contributed by atoms with Gasteiger partial charge >= 0.3 is 0 Å². The predicted molar refractivity (Wildman–Crippen MR) is 56.5 cm³/mol. The molecule has 5 heteroatoms. The second kappa shape index (κ2) is 4.92. The molecule has 2 fully saturated rings. The highest BCUT2D eigenvalue weighted by molar-refractivity contribution is 5.78. The number of hydrogen-bond acceptors (Lipinski definition) is 4. The highest BCUT2D eigenvalue weighted by Gasteiger charge is 2.23. The minimum Gasteiger partial charge on any atom is -0.392 e. The van der Waals surface area contributed by atoms with Crippen LogP contribution < -0.4 is 10.6 Å². The molecule has 15 heavy (non-hydrogen) atoms. The van der Waals surface area contributed by atoms with Crippen molar-refractivity contribution in [1.82, 2.24) is 15.5 Å². The van der Waals surface area contributed by atoms with E-state index >= 15 is 0 Å². The number of rotatable bonds is 3. The zero-order chi connectivity index (χ0) is 10.7. The Labute approximate surface area is 89.8 Å². The van der Waals surface area contributed by atoms with Crippen molar-refractivity contribution in [2.24, 2.45) is 0 Å². The van der Waals surface area contributed by atoms with Crippen LogP contribution in [0.15, 0.2) is 0 Å². The molecule has 2 aliphatic rings. The van der Waals surface area contributed by atoms with Crippen LogP contribution in [0.25, 0.3) is 0 Å². The number of aliphatic hydroxyl groups is 1. The SMILES string of the molecule is O=C(CN1CC[C@H](O)C1)NC1CCNC1. The van der Waals surface area contributed by atoms with Gasteiger partial charge in [-0.25, -0.2) is 0 Å². The first-order valence-corrected chi connectivity index (χ1v) is 5.64. The maximum absolute atomic E-state index is 11.6. The van der Waals surface area contributed by atoms with Crippen LogP contribution in [-0.2, 0) is 4.79 Å². The number of aliphatic hydroxyl groups excluding tert-OH is 1. The Balaban J connectivity index is 1.67. The molecule has 2 aliphatic heterocycles. The standard InChI is InChI=1S/C10H19N3O2/c14-9-2-4-13(6-9)7-10(15)12-8-1-3-11-5-8/h8-9,11,14H,1-7H2,(H,12,15)/t8?,9-/m0/s1. The molecule has 2 rings (SSSR count). The Bertz CT molecular complexity index is 229. The first-order valence-electron chi connectivity index (χ1n) is 5.64. The average molecular weight is 213 g/mol. The summed E-state index contributed by atoms with van der Waals surface area (Å²) in [7, 11) is 0. The van der Waals surface area contributed by atoms with E-state index in [0.717, 1.165) is 32.5 Å². The van der Waals surface area contributed by atoms with Crippen LogP contribution in [0.1, 0.15) is 12.8 Å². The lowest BCUT2D eigenvalue weighted by molar-refractivity contribution is -0.122. The predicted octanol–water partition coefficient (Wildman–Crippen LogP) is -1.47. The quantitative estimate of drug-likeness (QED) is 0.535. The number of nitrogens with one attached hydrogen (secondary N) is 2. The summed E-state index contributed by atoms with van der Waals surface area (Å²) in [5.74, 6) is 0.0813. The van der Waals surface area contributed by atoms with E-state index in [1.807, 2.05) is 4.90 Å². The largest absolute Gasteiger partial charge is 0.392 e. The maximum Gasteiger partial charge on any atom is 0.234 e. The minimum absolute atomic E-state index is 0.0813. The lowest BCUT2D eigenvalue weighted by Gasteiger charge is -2.16. The maximum atomic E-state index is 11.6. The van der Waals surface area contributed by atoms with Gasteiger partial charge in [-0.05, 0) is 19.4 Å². The van der Waals surface area contributed by atoms with Crippen LogP contribution in [-0.4, -0.2) is 60.8 Å². The summed E-state index contributed by atoms with van der Waals surface area (Å²) in [6, 6.07) is 0.296. The van der Waals surface area contributed by atoms with E-state index in [0.29, 0.717) is 19.1 Å². The van der Waals surface area contributed by atoms with Gasteiger partial charge in [0.2, 0.25) is 5.91 Å². The molecule has 5 nitrogen and oxygen atoms in total. The fraction of sp³-hybridized carbons (Fsp3) is 0.900. The van der Waals surface area contributed by atoms with Crippen LogP contribution >= 0.6 is 0 Å². The van der Waals surface area contributed by atoms with Crippen molar-refractivity contribution in [1.29, 1.82) is 0 Å². The molecule has 0 radical (unpaired) electrons. The van der Waals surface area contributed by atoms with Crippen LogP contribution in [0.2, 0.25) is 0 Å². The molecule has 2 saturated heterocycles. The van der Waals surface area contributed by atoms with Gasteiger partial charge in [-0.2, -0.15) is 0 Å². The van der Waals surface area contributed by atoms with Gasteiger partial charge in [0.05, 0.1) is 12.6 Å². The Kier molecular flexibility index (Phi) is 3.56. The van der Waals surface area contributed by atoms with Gasteiger partial charge in [-0.1, -0.05) is 0 Å². The molecule has 3 N–H and O–H groups in total. The number of nitrogens with zero attached hydrogens (tertiary/aromatic N) is 1. The Morgan fingerprint density at radius 3 is 3.00 bits per heavy atom. The van der Waals surface area contributed by atoms with Gasteiger partial charge in [-0.3, -0.25) is 9.69 Å². The summed E-state index contributed by atoms with van der Waals surface area (Å²) < 4.78 is 0. The summed E-state index contributed by atoms with van der Waals surface area (Å²) >= 11 is 0. The Hall–Kier alpha value is -0.650. The van der Waals surface area contributed by atoms with Crippen molar-refractivity contribution in [3.05, 3.63) is 0 Å². The fourth-order valence-corrected chi connectivity index (χ4v) is 2.21. The zero-order valence-electron chi connectivity index (χ0n) is 8.91. The van der Waals surface area contributed by atoms with E-state index in [-0.39, 0.29) is 12.0 Å². The monoisotopic (exact) mass is 213 g/mol. The summed E-state index contributed by atoms with van der Waals surface area (Å²) in [6.07, 6.45) is 1.57. The molecule has 0 aliphatic carbocycles. The first-order chi connectivity index (χ1) is 7.24. The summed E-state index contributed by atoms with van der Waals surface area (Å²) in [6.45, 7) is 3.77. The highest BCUT2D eigenvalue weighted by Crippen LogP contribution is 2.07. The number of hydrogen-bond donors (Lipinski definition) is 3. The minimum atomic E-state index is -0.244. The van der Waals surface area contributed by atoms with Crippen molar-refractivity contribution < 1.29 is 9.90 Å². The fourth-order valence-electron chi connectivity index (χ4n) is 2.21. The molecular formula is C10H19N3O2. The van der Waals surface area contributed by atoms with E-state index in [1.54, 1.807) is 0 Å². The lowest BCUT2D eigenvalue weighted by atomic mass is 10.2. The number of carbonyl (C=O) groups excluding carboxylic acids is 1. The molecule has 0 aromatic carbocycles. The van der Waals surface area contributed by atoms with Crippen LogP contribution in [0.5, 0.6) is 0 Å². The normalized spacial score (nSPS) is 32.1. The van der Waals surface area contributed by atoms with E-state index in [4.69, 9.17) is 0 Å². The van der Waals surface area contributed by atoms with Crippen molar-refractivity contribution in [2.45, 2.75) is 25.0 Å². The number of carbonyl (C=O) groups is 1. The number of amides is 1. The van der Waals surface area contributed by atoms with Crippen molar-refractivity contribution in [3.63, 3.8) is 0 Å². The summed E-state index contributed by atoms with van der Waals surface area (Å²) in [4.78, 5) is 13.6. The van der Waals surface area contributed by atoms with Crippen LogP contribution in [0.4, 0.5) is 0 Å². The molecule has 0 bridgehead atoms. The molecule has 2 heterocycles. The lowest BCUT2D eigenvalue weighted by Crippen LogP contribution is -2.42. The van der Waals surface area contributed by atoms with Gasteiger partial charge in [-0.15, -0.1) is 0 Å². The van der Waals surface area contributed by atoms with E-state index in [1.165, 1.54) is 0 Å². The van der Waals surface area contributed by atoms with E-state index in [2.05, 4.69) is 10.6 Å². The number of likely N-dealkylation sites (tertiary alicyclic amines) is 1. The van der Waals surface area contributed by atoms with Crippen molar-refractivity contribution in [2.75, 3.05) is 32.7 Å². The Morgan fingerprint density at radius 1 is 1.53 bits per heavy atom. The van der Waals surface area contributed by atoms with Crippen LogP contribution in [0, 0.1) is 0 Å². The highest BCUT2D eigenvalue weighted by atomic mass is 16.3. The molecule has 2 atom stereocenters. The molecule has 1 amide bonds. The molecule has 86 valence electrons. The Morgan fingerprint density at radius 2 is 2.40 bits per heavy atom. The van der Waals surface area contributed by atoms with Crippen molar-refractivity contribution in [3.8, 4) is 0 Å². The molecule has 0 spiro atoms. The third-order valence-corrected chi connectivity index (χ3v) is 3.04. The molecular weight excluding hydrogens is 194 g/mol. The van der Waals surface area contributed by atoms with Gasteiger partial charge in [0.1, 0.15) is 0 Å². The second-order valence-corrected chi connectivity index (χ2v) is 4.43. The molecule has 0 saturated carbocycles. The summed E-state index contributed by atoms with van der Waals surface area (Å²) in [5.41, 5.74) is 0. The zero-order valence-corrected chi connectivity index (χ0v) is 8.91. The van der Waals surface area contributed by atoms with Crippen molar-refractivity contribution >= 4 is 5.91 Å². The number of β-amino-alcohol motifs (C(OH)–C–C–N with tert-alkyl or cyclic N) is 1. The average Bonchev–Trinajstić information content (AvgIpc) is 2.77. The second-order valence-electron chi connectivity index (χ2n) is 4.43. The van der Waals surface area contributed by atoms with Gasteiger partial charge in [0, 0.05) is 25.7 Å². The molecule has 1 unspecified atom stereocenters. The van der Waals surface area contributed by atoms with Gasteiger partial charge in [0.15, 0.2) is 0 Å². The molecule has 0 aromatic rings. The van der Waals surface area contributed by atoms with Gasteiger partial charge < -0.3 is 15.7 Å².